The number of amides is 1. The third-order valence-electron chi connectivity index (χ3n) is 3.77. The highest BCUT2D eigenvalue weighted by Crippen LogP contribution is 2.26. The number of anilines is 1. The number of hydrogen-bond donors (Lipinski definition) is 2. The summed E-state index contributed by atoms with van der Waals surface area (Å²) in [6.45, 7) is 4.56. The number of benzene rings is 1. The van der Waals surface area contributed by atoms with Crippen molar-refractivity contribution in [3.8, 4) is 17.0 Å². The molecule has 3 aromatic rings. The van der Waals surface area contributed by atoms with Crippen LogP contribution in [0.3, 0.4) is 0 Å². The van der Waals surface area contributed by atoms with Gasteiger partial charge >= 0.3 is 0 Å². The molecule has 0 radical (unpaired) electrons. The van der Waals surface area contributed by atoms with Crippen LogP contribution < -0.4 is 15.8 Å². The lowest BCUT2D eigenvalue weighted by atomic mass is 10.1. The third-order valence-corrected chi connectivity index (χ3v) is 3.77. The van der Waals surface area contributed by atoms with E-state index in [1.807, 2.05) is 60.8 Å². The Morgan fingerprint density at radius 3 is 2.67 bits per heavy atom. The molecule has 0 aliphatic carbocycles. The number of aromatic nitrogens is 2. The molecular formula is C18H20N4O2. The average molecular weight is 324 g/mol. The van der Waals surface area contributed by atoms with Gasteiger partial charge in [-0.3, -0.25) is 4.79 Å². The van der Waals surface area contributed by atoms with Crippen molar-refractivity contribution >= 4 is 17.2 Å². The third kappa shape index (κ3) is 3.09. The molecule has 0 spiro atoms. The zero-order chi connectivity index (χ0) is 17.1. The van der Waals surface area contributed by atoms with Gasteiger partial charge < -0.3 is 20.2 Å². The fraction of sp³-hybridized carbons (Fsp3) is 0.222. The minimum Gasteiger partial charge on any atom is -0.494 e. The topological polar surface area (TPSA) is 81.6 Å². The molecule has 0 aliphatic heterocycles. The van der Waals surface area contributed by atoms with E-state index in [1.54, 1.807) is 0 Å². The van der Waals surface area contributed by atoms with Gasteiger partial charge in [0.25, 0.3) is 0 Å². The van der Waals surface area contributed by atoms with Gasteiger partial charge in [-0.1, -0.05) is 0 Å². The Balaban J connectivity index is 1.97. The van der Waals surface area contributed by atoms with Crippen molar-refractivity contribution < 1.29 is 9.53 Å². The molecule has 1 aromatic carbocycles. The molecule has 1 amide bonds. The first kappa shape index (κ1) is 16.0. The maximum Gasteiger partial charge on any atom is 0.238 e. The Bertz CT molecular complexity index is 869. The van der Waals surface area contributed by atoms with Crippen LogP contribution in [0.4, 0.5) is 5.69 Å². The molecule has 2 aromatic heterocycles. The maximum absolute atomic E-state index is 11.4. The predicted molar refractivity (Wildman–Crippen MR) is 94.2 cm³/mol. The smallest absolute Gasteiger partial charge is 0.238 e. The van der Waals surface area contributed by atoms with Crippen molar-refractivity contribution in [1.82, 2.24) is 9.38 Å². The van der Waals surface area contributed by atoms with Gasteiger partial charge in [0.05, 0.1) is 24.5 Å². The van der Waals surface area contributed by atoms with Crippen LogP contribution in [0.5, 0.6) is 5.75 Å². The Kier molecular flexibility index (Phi) is 4.48. The summed E-state index contributed by atoms with van der Waals surface area (Å²) in [6.07, 6.45) is 1.85. The lowest BCUT2D eigenvalue weighted by molar-refractivity contribution is -0.114. The molecule has 3 N–H and O–H groups in total. The van der Waals surface area contributed by atoms with E-state index < -0.39 is 0 Å². The first-order chi connectivity index (χ1) is 11.6. The summed E-state index contributed by atoms with van der Waals surface area (Å²) < 4.78 is 7.43. The second-order valence-corrected chi connectivity index (χ2v) is 5.40. The minimum absolute atomic E-state index is 0.0433. The van der Waals surface area contributed by atoms with Crippen molar-refractivity contribution in [2.24, 2.45) is 5.73 Å². The molecule has 24 heavy (non-hydrogen) atoms. The molecule has 0 saturated heterocycles. The van der Waals surface area contributed by atoms with E-state index >= 15 is 0 Å². The summed E-state index contributed by atoms with van der Waals surface area (Å²) in [5.41, 5.74) is 9.77. The summed E-state index contributed by atoms with van der Waals surface area (Å²) in [6, 6.07) is 11.6. The fourth-order valence-electron chi connectivity index (χ4n) is 2.60. The second kappa shape index (κ2) is 6.72. The highest BCUT2D eigenvalue weighted by atomic mass is 16.5. The van der Waals surface area contributed by atoms with Crippen LogP contribution >= 0.6 is 0 Å². The average Bonchev–Trinajstić information content (AvgIpc) is 2.92. The summed E-state index contributed by atoms with van der Waals surface area (Å²) in [5, 5.41) is 2.75. The molecule has 0 unspecified atom stereocenters. The number of nitrogens with two attached hydrogens (primary N) is 1. The number of fused-ring (bicyclic) bond motifs is 1. The van der Waals surface area contributed by atoms with Gasteiger partial charge in [0.1, 0.15) is 11.4 Å². The van der Waals surface area contributed by atoms with E-state index in [0.29, 0.717) is 12.3 Å². The van der Waals surface area contributed by atoms with Crippen molar-refractivity contribution in [2.45, 2.75) is 13.8 Å². The predicted octanol–water partition coefficient (Wildman–Crippen LogP) is 2.61. The van der Waals surface area contributed by atoms with Crippen LogP contribution in [0.15, 0.2) is 42.6 Å². The molecule has 124 valence electrons. The molecule has 0 atom stereocenters. The van der Waals surface area contributed by atoms with E-state index in [9.17, 15) is 4.79 Å². The lowest BCUT2D eigenvalue weighted by Gasteiger charge is -2.05. The molecule has 0 saturated carbocycles. The molecule has 0 fully saturated rings. The molecule has 0 bridgehead atoms. The largest absolute Gasteiger partial charge is 0.494 e. The molecular weight excluding hydrogens is 304 g/mol. The summed E-state index contributed by atoms with van der Waals surface area (Å²) in [4.78, 5) is 16.1. The molecule has 6 heteroatoms. The standard InChI is InChI=1S/C18H20N4O2/c1-3-24-15-7-4-13(5-8-15)18-12(2)22-11-14(20-17(23)10-19)6-9-16(22)21-18/h4-9,11H,3,10,19H2,1-2H3,(H,20,23). The SMILES string of the molecule is CCOc1ccc(-c2nc3ccc(NC(=O)CN)cn3c2C)cc1. The second-order valence-electron chi connectivity index (χ2n) is 5.40. The van der Waals surface area contributed by atoms with Crippen LogP contribution in [0.25, 0.3) is 16.9 Å². The summed E-state index contributed by atoms with van der Waals surface area (Å²) >= 11 is 0. The first-order valence-electron chi connectivity index (χ1n) is 7.84. The first-order valence-corrected chi connectivity index (χ1v) is 7.84. The number of rotatable bonds is 5. The fourth-order valence-corrected chi connectivity index (χ4v) is 2.60. The van der Waals surface area contributed by atoms with E-state index in [-0.39, 0.29) is 12.5 Å². The number of hydrogen-bond acceptors (Lipinski definition) is 4. The number of nitrogens with zero attached hydrogens (tertiary/aromatic N) is 2. The van der Waals surface area contributed by atoms with Gasteiger partial charge in [-0.05, 0) is 50.2 Å². The number of carbonyl (C=O) groups excluding carboxylic acids is 1. The van der Waals surface area contributed by atoms with Crippen LogP contribution in [-0.4, -0.2) is 28.4 Å². The normalized spacial score (nSPS) is 10.8. The highest BCUT2D eigenvalue weighted by molar-refractivity contribution is 5.92. The lowest BCUT2D eigenvalue weighted by Crippen LogP contribution is -2.21. The van der Waals surface area contributed by atoms with E-state index in [1.165, 1.54) is 0 Å². The van der Waals surface area contributed by atoms with E-state index in [4.69, 9.17) is 10.5 Å². The Labute approximate surface area is 140 Å². The number of aryl methyl sites for hydroxylation is 1. The molecule has 0 aliphatic rings. The van der Waals surface area contributed by atoms with Crippen LogP contribution in [0.2, 0.25) is 0 Å². The van der Waals surface area contributed by atoms with Crippen molar-refractivity contribution in [2.75, 3.05) is 18.5 Å². The van der Waals surface area contributed by atoms with Crippen molar-refractivity contribution in [1.29, 1.82) is 0 Å². The summed E-state index contributed by atoms with van der Waals surface area (Å²) in [5.74, 6) is 0.619. The number of imidazole rings is 1. The molecule has 3 rings (SSSR count). The number of pyridine rings is 1. The van der Waals surface area contributed by atoms with Gasteiger partial charge in [0.15, 0.2) is 0 Å². The zero-order valence-electron chi connectivity index (χ0n) is 13.7. The quantitative estimate of drug-likeness (QED) is 0.756. The van der Waals surface area contributed by atoms with Gasteiger partial charge in [-0.25, -0.2) is 4.98 Å². The number of carbonyl (C=O) groups is 1. The monoisotopic (exact) mass is 324 g/mol. The minimum atomic E-state index is -0.223. The Hall–Kier alpha value is -2.86. The van der Waals surface area contributed by atoms with E-state index in [2.05, 4.69) is 10.3 Å². The Morgan fingerprint density at radius 1 is 1.25 bits per heavy atom. The van der Waals surface area contributed by atoms with Gasteiger partial charge in [-0.15, -0.1) is 0 Å². The van der Waals surface area contributed by atoms with Gasteiger partial charge in [0, 0.05) is 17.5 Å². The van der Waals surface area contributed by atoms with Crippen molar-refractivity contribution in [3.05, 3.63) is 48.3 Å². The van der Waals surface area contributed by atoms with Crippen LogP contribution in [-0.2, 0) is 4.79 Å². The van der Waals surface area contributed by atoms with Crippen LogP contribution in [0.1, 0.15) is 12.6 Å². The highest BCUT2D eigenvalue weighted by Gasteiger charge is 2.11. The van der Waals surface area contributed by atoms with Crippen molar-refractivity contribution in [3.63, 3.8) is 0 Å². The molecule has 6 nitrogen and oxygen atoms in total. The Morgan fingerprint density at radius 2 is 2.00 bits per heavy atom. The zero-order valence-corrected chi connectivity index (χ0v) is 13.7. The van der Waals surface area contributed by atoms with E-state index in [0.717, 1.165) is 28.3 Å². The summed E-state index contributed by atoms with van der Waals surface area (Å²) in [7, 11) is 0. The maximum atomic E-state index is 11.4. The van der Waals surface area contributed by atoms with Gasteiger partial charge in [0.2, 0.25) is 5.91 Å². The van der Waals surface area contributed by atoms with Crippen LogP contribution in [0, 0.1) is 6.92 Å². The number of ether oxygens (including phenoxy) is 1. The number of nitrogens with one attached hydrogen (secondary N) is 1. The molecule has 2 heterocycles. The van der Waals surface area contributed by atoms with Gasteiger partial charge in [-0.2, -0.15) is 0 Å².